The maximum Gasteiger partial charge on any atom is 0.138 e. The Balaban J connectivity index is 2.74. The first-order valence-electron chi connectivity index (χ1n) is 7.09. The molecule has 0 saturated heterocycles. The van der Waals surface area contributed by atoms with E-state index in [4.69, 9.17) is 17.0 Å². The molecule has 5 heteroatoms. The van der Waals surface area contributed by atoms with Crippen LogP contribution in [0.3, 0.4) is 0 Å². The molecular weight excluding hydrogens is 302 g/mol. The number of methoxy groups -OCH3 is 1. The van der Waals surface area contributed by atoms with Gasteiger partial charge in [0.2, 0.25) is 0 Å². The molecule has 0 N–H and O–H groups in total. The van der Waals surface area contributed by atoms with Crippen LogP contribution in [0.15, 0.2) is 24.3 Å². The van der Waals surface area contributed by atoms with Crippen molar-refractivity contribution in [3.63, 3.8) is 0 Å². The predicted octanol–water partition coefficient (Wildman–Crippen LogP) is 3.73. The summed E-state index contributed by atoms with van der Waals surface area (Å²) in [5, 5.41) is 0. The monoisotopic (exact) mass is 325 g/mol. The van der Waals surface area contributed by atoms with E-state index in [2.05, 4.69) is 18.7 Å². The molecule has 0 heterocycles. The number of thiocarbonyl (C=S) groups is 1. The molecule has 0 spiro atoms. The number of benzene rings is 1. The normalized spacial score (nSPS) is 11.8. The van der Waals surface area contributed by atoms with Gasteiger partial charge in [0.25, 0.3) is 0 Å². The highest BCUT2D eigenvalue weighted by Gasteiger charge is 2.19. The highest BCUT2D eigenvalue weighted by Crippen LogP contribution is 2.25. The van der Waals surface area contributed by atoms with Gasteiger partial charge in [-0.2, -0.15) is 0 Å². The number of hydrogen-bond donors (Lipinski definition) is 0. The summed E-state index contributed by atoms with van der Waals surface area (Å²) in [6.45, 7) is 7.60. The van der Waals surface area contributed by atoms with E-state index < -0.39 is 0 Å². The van der Waals surface area contributed by atoms with Crippen molar-refractivity contribution in [2.45, 2.75) is 26.7 Å². The van der Waals surface area contributed by atoms with E-state index in [1.54, 1.807) is 25.8 Å². The number of rotatable bonds is 7. The van der Waals surface area contributed by atoms with Crippen LogP contribution < -0.4 is 4.74 Å². The summed E-state index contributed by atoms with van der Waals surface area (Å²) in [5.74, 6) is 1.51. The van der Waals surface area contributed by atoms with Crippen molar-refractivity contribution in [3.8, 4) is 5.75 Å². The van der Waals surface area contributed by atoms with Crippen molar-refractivity contribution in [2.75, 3.05) is 26.0 Å². The summed E-state index contributed by atoms with van der Waals surface area (Å²) in [5.41, 5.74) is 1.01. The van der Waals surface area contributed by atoms with Gasteiger partial charge in [-0.15, -0.1) is 0 Å². The molecule has 0 aliphatic heterocycles. The summed E-state index contributed by atoms with van der Waals surface area (Å²) >= 11 is 7.01. The second-order valence-electron chi connectivity index (χ2n) is 4.69. The average Bonchev–Trinajstić information content (AvgIpc) is 2.49. The molecule has 1 atom stereocenters. The lowest BCUT2D eigenvalue weighted by Gasteiger charge is -2.22. The molecule has 0 saturated carbocycles. The van der Waals surface area contributed by atoms with E-state index in [-0.39, 0.29) is 11.7 Å². The van der Waals surface area contributed by atoms with E-state index in [0.717, 1.165) is 28.7 Å². The van der Waals surface area contributed by atoms with Crippen molar-refractivity contribution in [1.82, 2.24) is 4.90 Å². The molecule has 1 aromatic rings. The summed E-state index contributed by atoms with van der Waals surface area (Å²) in [7, 11) is 1.63. The third-order valence-electron chi connectivity index (χ3n) is 3.40. The van der Waals surface area contributed by atoms with Crippen LogP contribution in [-0.4, -0.2) is 41.0 Å². The molecule has 0 bridgehead atoms. The Labute approximate surface area is 137 Å². The number of thioether (sulfide) groups is 1. The second-order valence-corrected chi connectivity index (χ2v) is 6.34. The van der Waals surface area contributed by atoms with Crippen LogP contribution in [0.25, 0.3) is 0 Å². The Kier molecular flexibility index (Phi) is 7.75. The lowest BCUT2D eigenvalue weighted by Crippen LogP contribution is -2.27. The second kappa shape index (κ2) is 9.05. The van der Waals surface area contributed by atoms with Crippen LogP contribution in [0, 0.1) is 0 Å². The minimum Gasteiger partial charge on any atom is -0.497 e. The van der Waals surface area contributed by atoms with Gasteiger partial charge in [-0.3, -0.25) is 4.79 Å². The molecule has 3 nitrogen and oxygen atoms in total. The Hall–Kier alpha value is -1.07. The van der Waals surface area contributed by atoms with Crippen LogP contribution in [0.5, 0.6) is 5.75 Å². The minimum absolute atomic E-state index is 0.130. The van der Waals surface area contributed by atoms with E-state index in [9.17, 15) is 4.79 Å². The first-order valence-corrected chi connectivity index (χ1v) is 8.48. The topological polar surface area (TPSA) is 29.5 Å². The lowest BCUT2D eigenvalue weighted by molar-refractivity contribution is -0.117. The Morgan fingerprint density at radius 3 is 2.29 bits per heavy atom. The molecule has 1 unspecified atom stereocenters. The molecular formula is C16H23NO2S2. The molecule has 1 rings (SSSR count). The number of carbonyl (C=O) groups is 1. The predicted molar refractivity (Wildman–Crippen MR) is 94.4 cm³/mol. The van der Waals surface area contributed by atoms with Crippen molar-refractivity contribution in [2.24, 2.45) is 0 Å². The van der Waals surface area contributed by atoms with Crippen LogP contribution in [-0.2, 0) is 4.79 Å². The minimum atomic E-state index is -0.130. The number of Topliss-reactive ketones (excluding diaryl/α,β-unsaturated/α-hetero) is 1. The number of carbonyl (C=O) groups excluding carboxylic acids is 1. The van der Waals surface area contributed by atoms with Gasteiger partial charge in [0.1, 0.15) is 15.9 Å². The van der Waals surface area contributed by atoms with Crippen LogP contribution >= 0.6 is 24.0 Å². The van der Waals surface area contributed by atoms with Crippen LogP contribution in [0.4, 0.5) is 0 Å². The van der Waals surface area contributed by atoms with Gasteiger partial charge in [-0.1, -0.05) is 36.1 Å². The van der Waals surface area contributed by atoms with E-state index in [0.29, 0.717) is 5.75 Å². The van der Waals surface area contributed by atoms with E-state index >= 15 is 0 Å². The SMILES string of the molecule is CCN(CC)C(=S)SCC(C(C)=O)c1ccc(OC)cc1. The maximum atomic E-state index is 11.9. The third kappa shape index (κ3) is 5.32. The number of ketones is 1. The van der Waals surface area contributed by atoms with Gasteiger partial charge in [-0.05, 0) is 38.5 Å². The zero-order valence-electron chi connectivity index (χ0n) is 13.1. The number of nitrogens with zero attached hydrogens (tertiary/aromatic N) is 1. The Morgan fingerprint density at radius 2 is 1.86 bits per heavy atom. The zero-order valence-corrected chi connectivity index (χ0v) is 14.7. The van der Waals surface area contributed by atoms with E-state index in [1.165, 1.54) is 0 Å². The average molecular weight is 325 g/mol. The largest absolute Gasteiger partial charge is 0.497 e. The highest BCUT2D eigenvalue weighted by molar-refractivity contribution is 8.22. The van der Waals surface area contributed by atoms with Gasteiger partial charge in [0, 0.05) is 18.8 Å². The smallest absolute Gasteiger partial charge is 0.138 e. The Bertz CT molecular complexity index is 470. The summed E-state index contributed by atoms with van der Waals surface area (Å²) in [6.07, 6.45) is 0. The molecule has 0 aliphatic carbocycles. The van der Waals surface area contributed by atoms with Crippen molar-refractivity contribution in [1.29, 1.82) is 0 Å². The third-order valence-corrected chi connectivity index (χ3v) is 5.02. The molecule has 0 amide bonds. The van der Waals surface area contributed by atoms with Crippen molar-refractivity contribution in [3.05, 3.63) is 29.8 Å². The number of hydrogen-bond acceptors (Lipinski definition) is 4. The van der Waals surface area contributed by atoms with Crippen LogP contribution in [0.2, 0.25) is 0 Å². The fourth-order valence-corrected chi connectivity index (χ4v) is 3.65. The van der Waals surface area contributed by atoms with Gasteiger partial charge in [-0.25, -0.2) is 0 Å². The standard InChI is InChI=1S/C16H23NO2S2/c1-5-17(6-2)16(20)21-11-15(12(3)18)13-7-9-14(19-4)10-8-13/h7-10,15H,5-6,11H2,1-4H3. The van der Waals surface area contributed by atoms with Gasteiger partial charge in [0.15, 0.2) is 0 Å². The van der Waals surface area contributed by atoms with Crippen molar-refractivity contribution < 1.29 is 9.53 Å². The molecule has 0 fully saturated rings. The fourth-order valence-electron chi connectivity index (χ4n) is 2.01. The first kappa shape index (κ1) is 18.0. The molecule has 0 aliphatic rings. The zero-order chi connectivity index (χ0) is 15.8. The van der Waals surface area contributed by atoms with Gasteiger partial charge >= 0.3 is 0 Å². The first-order chi connectivity index (χ1) is 10.0. The quantitative estimate of drug-likeness (QED) is 0.713. The Morgan fingerprint density at radius 1 is 1.29 bits per heavy atom. The summed E-state index contributed by atoms with van der Waals surface area (Å²) in [4.78, 5) is 14.0. The van der Waals surface area contributed by atoms with Gasteiger partial charge in [0.05, 0.1) is 13.0 Å². The molecule has 116 valence electrons. The molecule has 1 aromatic carbocycles. The lowest BCUT2D eigenvalue weighted by atomic mass is 9.97. The van der Waals surface area contributed by atoms with E-state index in [1.807, 2.05) is 24.3 Å². The van der Waals surface area contributed by atoms with Gasteiger partial charge < -0.3 is 9.64 Å². The van der Waals surface area contributed by atoms with Crippen LogP contribution in [0.1, 0.15) is 32.3 Å². The number of ether oxygens (including phenoxy) is 1. The summed E-state index contributed by atoms with van der Waals surface area (Å²) in [6, 6.07) is 7.68. The fraction of sp³-hybridized carbons (Fsp3) is 0.500. The molecule has 0 radical (unpaired) electrons. The van der Waals surface area contributed by atoms with Crippen molar-refractivity contribution >= 4 is 34.1 Å². The summed E-state index contributed by atoms with van der Waals surface area (Å²) < 4.78 is 6.01. The molecule has 0 aromatic heterocycles. The maximum absolute atomic E-state index is 11.9. The molecule has 21 heavy (non-hydrogen) atoms. The highest BCUT2D eigenvalue weighted by atomic mass is 32.2.